The van der Waals surface area contributed by atoms with Gasteiger partial charge in [0.2, 0.25) is 0 Å². The molecule has 3 rings (SSSR count). The maximum Gasteiger partial charge on any atom is 0.326 e. The Kier molecular flexibility index (Phi) is 9.13. The summed E-state index contributed by atoms with van der Waals surface area (Å²) < 4.78 is 24.9. The van der Waals surface area contributed by atoms with Gasteiger partial charge in [0.25, 0.3) is 5.91 Å². The lowest BCUT2D eigenvalue weighted by molar-refractivity contribution is -0.137. The molecular formula is C23H21Cl3N4O5S. The summed E-state index contributed by atoms with van der Waals surface area (Å²) in [6, 6.07) is 9.44. The molecule has 0 unspecified atom stereocenters. The van der Waals surface area contributed by atoms with Gasteiger partial charge in [-0.1, -0.05) is 53.9 Å². The van der Waals surface area contributed by atoms with Crippen molar-refractivity contribution in [2.45, 2.75) is 30.7 Å². The molecule has 2 heterocycles. The number of carbonyl (C=O) groups excluding carboxylic acids is 1. The van der Waals surface area contributed by atoms with E-state index in [1.807, 2.05) is 0 Å². The fourth-order valence-electron chi connectivity index (χ4n) is 3.25. The second-order valence-electron chi connectivity index (χ2n) is 7.71. The van der Waals surface area contributed by atoms with E-state index in [0.717, 1.165) is 0 Å². The summed E-state index contributed by atoms with van der Waals surface area (Å²) >= 11 is 17.7. The van der Waals surface area contributed by atoms with Crippen molar-refractivity contribution in [1.82, 2.24) is 9.97 Å². The van der Waals surface area contributed by atoms with Crippen LogP contribution in [-0.4, -0.2) is 47.2 Å². The summed E-state index contributed by atoms with van der Waals surface area (Å²) in [6.07, 6.45) is 1.63. The van der Waals surface area contributed by atoms with Crippen LogP contribution in [0.25, 0.3) is 0 Å². The Balaban J connectivity index is 1.72. The number of rotatable bonds is 10. The van der Waals surface area contributed by atoms with Gasteiger partial charge < -0.3 is 15.7 Å². The normalized spacial score (nSPS) is 12.1. The number of amides is 1. The van der Waals surface area contributed by atoms with Crippen LogP contribution in [0.3, 0.4) is 0 Å². The van der Waals surface area contributed by atoms with Gasteiger partial charge in [0.05, 0.1) is 15.7 Å². The van der Waals surface area contributed by atoms with Crippen molar-refractivity contribution in [2.24, 2.45) is 0 Å². The first-order valence-corrected chi connectivity index (χ1v) is 13.4. The predicted octanol–water partition coefficient (Wildman–Crippen LogP) is 4.98. The van der Waals surface area contributed by atoms with E-state index in [-0.39, 0.29) is 43.8 Å². The number of sulfone groups is 1. The summed E-state index contributed by atoms with van der Waals surface area (Å²) in [4.78, 5) is 32.0. The molecule has 2 aromatic heterocycles. The standard InChI is InChI=1S/C23H21Cl3N4O5S/c1-2-7-36(34,35)18-11-21(27-12-16(18)24)29-17(23(32)33)8-13-3-5-15(6-4-13)28-22(31)14-9-19(25)30-20(26)10-14/h3-6,9-12,17H,2,7-8H2,1H3,(H,27,29)(H,28,31)(H,32,33)/t17-/m0/s1. The lowest BCUT2D eigenvalue weighted by atomic mass is 10.1. The van der Waals surface area contributed by atoms with Crippen LogP contribution in [0.2, 0.25) is 15.3 Å². The first kappa shape index (κ1) is 27.7. The molecule has 0 radical (unpaired) electrons. The second-order valence-corrected chi connectivity index (χ2v) is 11.0. The molecule has 0 saturated carbocycles. The van der Waals surface area contributed by atoms with E-state index in [4.69, 9.17) is 34.8 Å². The molecule has 36 heavy (non-hydrogen) atoms. The molecule has 0 aliphatic rings. The zero-order chi connectivity index (χ0) is 26.5. The van der Waals surface area contributed by atoms with Gasteiger partial charge in [-0.05, 0) is 36.2 Å². The predicted molar refractivity (Wildman–Crippen MR) is 139 cm³/mol. The first-order chi connectivity index (χ1) is 17.0. The summed E-state index contributed by atoms with van der Waals surface area (Å²) in [7, 11) is -3.63. The van der Waals surface area contributed by atoms with Crippen LogP contribution >= 0.6 is 34.8 Å². The van der Waals surface area contributed by atoms with Crippen molar-refractivity contribution in [3.63, 3.8) is 0 Å². The van der Waals surface area contributed by atoms with E-state index < -0.39 is 27.8 Å². The van der Waals surface area contributed by atoms with Crippen molar-refractivity contribution in [3.8, 4) is 0 Å². The lowest BCUT2D eigenvalue weighted by Gasteiger charge is -2.16. The van der Waals surface area contributed by atoms with E-state index in [1.54, 1.807) is 31.2 Å². The van der Waals surface area contributed by atoms with E-state index in [0.29, 0.717) is 17.7 Å². The van der Waals surface area contributed by atoms with Crippen molar-refractivity contribution in [3.05, 3.63) is 75.1 Å². The topological polar surface area (TPSA) is 138 Å². The highest BCUT2D eigenvalue weighted by molar-refractivity contribution is 7.91. The van der Waals surface area contributed by atoms with Gasteiger partial charge in [-0.15, -0.1) is 0 Å². The number of hydrogen-bond donors (Lipinski definition) is 3. The average Bonchev–Trinajstić information content (AvgIpc) is 2.80. The fourth-order valence-corrected chi connectivity index (χ4v) is 5.57. The molecule has 1 amide bonds. The summed E-state index contributed by atoms with van der Waals surface area (Å²) in [5, 5.41) is 15.3. The summed E-state index contributed by atoms with van der Waals surface area (Å²) in [5.41, 5.74) is 1.35. The molecule has 0 fully saturated rings. The highest BCUT2D eigenvalue weighted by atomic mass is 35.5. The Bertz CT molecular complexity index is 1360. The third-order valence-electron chi connectivity index (χ3n) is 4.92. The van der Waals surface area contributed by atoms with Crippen LogP contribution < -0.4 is 10.6 Å². The van der Waals surface area contributed by atoms with E-state index >= 15 is 0 Å². The largest absolute Gasteiger partial charge is 0.480 e. The third kappa shape index (κ3) is 7.30. The summed E-state index contributed by atoms with van der Waals surface area (Å²) in [6.45, 7) is 1.73. The number of hydrogen-bond acceptors (Lipinski definition) is 7. The monoisotopic (exact) mass is 570 g/mol. The maximum absolute atomic E-state index is 12.4. The van der Waals surface area contributed by atoms with Crippen LogP contribution in [0.5, 0.6) is 0 Å². The van der Waals surface area contributed by atoms with Gasteiger partial charge in [-0.3, -0.25) is 4.79 Å². The van der Waals surface area contributed by atoms with Gasteiger partial charge in [-0.25, -0.2) is 23.2 Å². The fraction of sp³-hybridized carbons (Fsp3) is 0.217. The Hall–Kier alpha value is -2.92. The minimum Gasteiger partial charge on any atom is -0.480 e. The molecule has 9 nitrogen and oxygen atoms in total. The molecule has 1 atom stereocenters. The van der Waals surface area contributed by atoms with E-state index in [2.05, 4.69) is 20.6 Å². The van der Waals surface area contributed by atoms with Gasteiger partial charge in [0.1, 0.15) is 22.2 Å². The highest BCUT2D eigenvalue weighted by Gasteiger charge is 2.22. The molecule has 13 heteroatoms. The number of anilines is 2. The molecule has 190 valence electrons. The van der Waals surface area contributed by atoms with Gasteiger partial charge >= 0.3 is 5.97 Å². The van der Waals surface area contributed by atoms with E-state index in [1.165, 1.54) is 24.4 Å². The Morgan fingerprint density at radius 2 is 1.69 bits per heavy atom. The number of halogens is 3. The van der Waals surface area contributed by atoms with Crippen LogP contribution in [-0.2, 0) is 21.1 Å². The van der Waals surface area contributed by atoms with Crippen molar-refractivity contribution >= 4 is 68.0 Å². The number of aliphatic carboxylic acids is 1. The molecule has 3 N–H and O–H groups in total. The van der Waals surface area contributed by atoms with Gasteiger partial charge in [0.15, 0.2) is 9.84 Å². The van der Waals surface area contributed by atoms with Gasteiger partial charge in [0, 0.05) is 29.9 Å². The second kappa shape index (κ2) is 11.9. The minimum absolute atomic E-state index is 0.0326. The number of nitrogens with zero attached hydrogens (tertiary/aromatic N) is 2. The quantitative estimate of drug-likeness (QED) is 0.290. The first-order valence-electron chi connectivity index (χ1n) is 10.6. The molecular weight excluding hydrogens is 551 g/mol. The molecule has 0 bridgehead atoms. The summed E-state index contributed by atoms with van der Waals surface area (Å²) in [5.74, 6) is -1.63. The van der Waals surface area contributed by atoms with Crippen molar-refractivity contribution in [1.29, 1.82) is 0 Å². The third-order valence-corrected chi connectivity index (χ3v) is 7.68. The molecule has 0 aliphatic heterocycles. The zero-order valence-corrected chi connectivity index (χ0v) is 21.9. The molecule has 0 spiro atoms. The van der Waals surface area contributed by atoms with E-state index in [9.17, 15) is 23.1 Å². The number of pyridine rings is 2. The number of nitrogens with one attached hydrogen (secondary N) is 2. The van der Waals surface area contributed by atoms with Crippen LogP contribution in [0.15, 0.2) is 53.6 Å². The SMILES string of the molecule is CCCS(=O)(=O)c1cc(N[C@@H](Cc2ccc(NC(=O)c3cc(Cl)nc(Cl)c3)cc2)C(=O)O)ncc1Cl. The highest BCUT2D eigenvalue weighted by Crippen LogP contribution is 2.25. The van der Waals surface area contributed by atoms with Crippen molar-refractivity contribution in [2.75, 3.05) is 16.4 Å². The molecule has 0 saturated heterocycles. The van der Waals surface area contributed by atoms with Crippen molar-refractivity contribution < 1.29 is 23.1 Å². The van der Waals surface area contributed by atoms with Crippen LogP contribution in [0.4, 0.5) is 11.5 Å². The zero-order valence-electron chi connectivity index (χ0n) is 18.8. The smallest absolute Gasteiger partial charge is 0.326 e. The number of aromatic nitrogens is 2. The lowest BCUT2D eigenvalue weighted by Crippen LogP contribution is -2.32. The Labute approximate surface area is 222 Å². The average molecular weight is 572 g/mol. The maximum atomic E-state index is 12.4. The Morgan fingerprint density at radius 3 is 2.28 bits per heavy atom. The number of carbonyl (C=O) groups is 2. The van der Waals surface area contributed by atoms with Crippen LogP contribution in [0, 0.1) is 0 Å². The van der Waals surface area contributed by atoms with Gasteiger partial charge in [-0.2, -0.15) is 0 Å². The molecule has 3 aromatic rings. The minimum atomic E-state index is -3.63. The molecule has 1 aromatic carbocycles. The van der Waals surface area contributed by atoms with Crippen LogP contribution in [0.1, 0.15) is 29.3 Å². The molecule has 0 aliphatic carbocycles. The number of carboxylic acids is 1. The Morgan fingerprint density at radius 1 is 1.06 bits per heavy atom. The number of benzene rings is 1. The number of carboxylic acid groups (broad SMARTS) is 1.